The van der Waals surface area contributed by atoms with Crippen molar-refractivity contribution in [2.45, 2.75) is 19.3 Å². The Morgan fingerprint density at radius 2 is 1.83 bits per heavy atom. The van der Waals surface area contributed by atoms with Crippen LogP contribution in [-0.4, -0.2) is 35.2 Å². The van der Waals surface area contributed by atoms with E-state index in [1.54, 1.807) is 12.4 Å². The van der Waals surface area contributed by atoms with Crippen LogP contribution in [0.4, 0.5) is 5.95 Å². The first-order chi connectivity index (χ1) is 8.75. The molecule has 4 N–H and O–H groups in total. The van der Waals surface area contributed by atoms with Crippen molar-refractivity contribution in [3.05, 3.63) is 18.0 Å². The number of rotatable bonds is 3. The zero-order chi connectivity index (χ0) is 12.8. The number of nitrogens with two attached hydrogens (primary N) is 2. The highest BCUT2D eigenvalue weighted by Crippen LogP contribution is 2.14. The highest BCUT2D eigenvalue weighted by atomic mass is 15.3. The van der Waals surface area contributed by atoms with E-state index in [0.717, 1.165) is 24.6 Å². The molecule has 0 atom stereocenters. The first-order valence-corrected chi connectivity index (χ1v) is 5.94. The van der Waals surface area contributed by atoms with Gasteiger partial charge in [0.1, 0.15) is 0 Å². The fraction of sp³-hybridized carbons (Fsp3) is 0.455. The molecule has 2 rings (SSSR count). The Morgan fingerprint density at radius 3 is 2.44 bits per heavy atom. The molecule has 1 fully saturated rings. The third-order valence-electron chi connectivity index (χ3n) is 2.68. The maximum Gasteiger partial charge on any atom is 0.225 e. The summed E-state index contributed by atoms with van der Waals surface area (Å²) in [6, 6.07) is 0. The molecule has 0 spiro atoms. The summed E-state index contributed by atoms with van der Waals surface area (Å²) in [6.07, 6.45) is 8.64. The van der Waals surface area contributed by atoms with Crippen LogP contribution in [0.15, 0.2) is 22.6 Å². The molecular weight excluding hydrogens is 230 g/mol. The van der Waals surface area contributed by atoms with Gasteiger partial charge in [-0.25, -0.2) is 9.97 Å². The van der Waals surface area contributed by atoms with Crippen molar-refractivity contribution >= 4 is 18.1 Å². The second kappa shape index (κ2) is 5.95. The molecule has 0 aromatic carbocycles. The topological polar surface area (TPSA) is 106 Å². The SMILES string of the molecule is NC(N)=NN=Cc1cnc(N2CCCCC2)nc1. The maximum absolute atomic E-state index is 5.15. The predicted octanol–water partition coefficient (Wildman–Crippen LogP) is 0.0742. The van der Waals surface area contributed by atoms with E-state index in [0.29, 0.717) is 0 Å². The Kier molecular flexibility index (Phi) is 4.06. The molecule has 0 aliphatic carbocycles. The van der Waals surface area contributed by atoms with Crippen molar-refractivity contribution in [1.29, 1.82) is 0 Å². The van der Waals surface area contributed by atoms with E-state index in [2.05, 4.69) is 25.1 Å². The Labute approximate surface area is 106 Å². The number of guanidine groups is 1. The van der Waals surface area contributed by atoms with Gasteiger partial charge >= 0.3 is 0 Å². The first-order valence-electron chi connectivity index (χ1n) is 5.94. The van der Waals surface area contributed by atoms with Crippen molar-refractivity contribution in [1.82, 2.24) is 9.97 Å². The van der Waals surface area contributed by atoms with Gasteiger partial charge in [0, 0.05) is 31.0 Å². The van der Waals surface area contributed by atoms with E-state index in [9.17, 15) is 0 Å². The quantitative estimate of drug-likeness (QED) is 0.447. The minimum absolute atomic E-state index is 0.0721. The number of hydrogen-bond donors (Lipinski definition) is 2. The second-order valence-electron chi connectivity index (χ2n) is 4.13. The van der Waals surface area contributed by atoms with E-state index in [1.807, 2.05) is 0 Å². The Hall–Kier alpha value is -2.18. The molecule has 1 aromatic heterocycles. The molecule has 1 aliphatic rings. The standard InChI is InChI=1S/C11H17N7/c12-10(13)17-16-8-9-6-14-11(15-7-9)18-4-2-1-3-5-18/h6-8H,1-5H2,(H4,12,13,17). The summed E-state index contributed by atoms with van der Waals surface area (Å²) in [5.41, 5.74) is 11.1. The van der Waals surface area contributed by atoms with Crippen LogP contribution in [0.3, 0.4) is 0 Å². The molecule has 1 saturated heterocycles. The van der Waals surface area contributed by atoms with E-state index in [-0.39, 0.29) is 5.96 Å². The van der Waals surface area contributed by atoms with Crippen LogP contribution in [0, 0.1) is 0 Å². The number of nitrogens with zero attached hydrogens (tertiary/aromatic N) is 5. The summed E-state index contributed by atoms with van der Waals surface area (Å²) < 4.78 is 0. The normalized spacial score (nSPS) is 15.9. The highest BCUT2D eigenvalue weighted by Gasteiger charge is 2.12. The van der Waals surface area contributed by atoms with Crippen molar-refractivity contribution in [2.75, 3.05) is 18.0 Å². The average Bonchev–Trinajstić information content (AvgIpc) is 2.40. The molecule has 2 heterocycles. The van der Waals surface area contributed by atoms with Gasteiger partial charge in [-0.15, -0.1) is 5.10 Å². The molecule has 7 nitrogen and oxygen atoms in total. The van der Waals surface area contributed by atoms with Crippen LogP contribution < -0.4 is 16.4 Å². The molecule has 7 heteroatoms. The fourth-order valence-corrected chi connectivity index (χ4v) is 1.82. The lowest BCUT2D eigenvalue weighted by Crippen LogP contribution is -2.30. The lowest BCUT2D eigenvalue weighted by molar-refractivity contribution is 0.568. The van der Waals surface area contributed by atoms with Crippen LogP contribution in [0.25, 0.3) is 0 Å². The molecule has 96 valence electrons. The Bertz CT molecular complexity index is 427. The van der Waals surface area contributed by atoms with Gasteiger partial charge in [-0.05, 0) is 19.3 Å². The number of piperidine rings is 1. The number of aromatic nitrogens is 2. The largest absolute Gasteiger partial charge is 0.369 e. The van der Waals surface area contributed by atoms with Crippen LogP contribution in [0.1, 0.15) is 24.8 Å². The molecule has 0 radical (unpaired) electrons. The Balaban J connectivity index is 2.00. The summed E-state index contributed by atoms with van der Waals surface area (Å²) in [7, 11) is 0. The summed E-state index contributed by atoms with van der Waals surface area (Å²) in [5.74, 6) is 0.700. The minimum atomic E-state index is -0.0721. The lowest BCUT2D eigenvalue weighted by Gasteiger charge is -2.26. The monoisotopic (exact) mass is 247 g/mol. The maximum atomic E-state index is 5.15. The molecule has 0 bridgehead atoms. The third kappa shape index (κ3) is 3.41. The molecule has 0 unspecified atom stereocenters. The van der Waals surface area contributed by atoms with Gasteiger partial charge in [0.05, 0.1) is 6.21 Å². The summed E-state index contributed by atoms with van der Waals surface area (Å²) >= 11 is 0. The fourth-order valence-electron chi connectivity index (χ4n) is 1.82. The van der Waals surface area contributed by atoms with E-state index < -0.39 is 0 Å². The van der Waals surface area contributed by atoms with E-state index in [1.165, 1.54) is 25.5 Å². The van der Waals surface area contributed by atoms with Gasteiger partial charge in [0.15, 0.2) is 0 Å². The van der Waals surface area contributed by atoms with Crippen molar-refractivity contribution in [2.24, 2.45) is 21.7 Å². The molecule has 0 amide bonds. The number of anilines is 1. The smallest absolute Gasteiger partial charge is 0.225 e. The van der Waals surface area contributed by atoms with E-state index in [4.69, 9.17) is 11.5 Å². The molecule has 1 aromatic rings. The zero-order valence-electron chi connectivity index (χ0n) is 10.2. The average molecular weight is 247 g/mol. The van der Waals surface area contributed by atoms with Crippen LogP contribution >= 0.6 is 0 Å². The number of hydrogen-bond acceptors (Lipinski definition) is 5. The van der Waals surface area contributed by atoms with Gasteiger partial charge < -0.3 is 16.4 Å². The van der Waals surface area contributed by atoms with Crippen molar-refractivity contribution in [3.8, 4) is 0 Å². The van der Waals surface area contributed by atoms with Gasteiger partial charge in [-0.3, -0.25) is 0 Å². The lowest BCUT2D eigenvalue weighted by atomic mass is 10.1. The summed E-state index contributed by atoms with van der Waals surface area (Å²) in [5, 5.41) is 7.21. The van der Waals surface area contributed by atoms with E-state index >= 15 is 0 Å². The Morgan fingerprint density at radius 1 is 1.17 bits per heavy atom. The van der Waals surface area contributed by atoms with Crippen molar-refractivity contribution < 1.29 is 0 Å². The minimum Gasteiger partial charge on any atom is -0.369 e. The van der Waals surface area contributed by atoms with Crippen LogP contribution in [0.2, 0.25) is 0 Å². The zero-order valence-corrected chi connectivity index (χ0v) is 10.2. The molecule has 0 saturated carbocycles. The van der Waals surface area contributed by atoms with Crippen LogP contribution in [0.5, 0.6) is 0 Å². The second-order valence-corrected chi connectivity index (χ2v) is 4.13. The van der Waals surface area contributed by atoms with Crippen LogP contribution in [-0.2, 0) is 0 Å². The van der Waals surface area contributed by atoms with Crippen molar-refractivity contribution in [3.63, 3.8) is 0 Å². The van der Waals surface area contributed by atoms with Gasteiger partial charge in [-0.2, -0.15) is 5.10 Å². The van der Waals surface area contributed by atoms with Gasteiger partial charge in [-0.1, -0.05) is 0 Å². The summed E-state index contributed by atoms with van der Waals surface area (Å²) in [6.45, 7) is 2.06. The predicted molar refractivity (Wildman–Crippen MR) is 71.5 cm³/mol. The van der Waals surface area contributed by atoms with Gasteiger partial charge in [0.2, 0.25) is 11.9 Å². The third-order valence-corrected chi connectivity index (χ3v) is 2.68. The first kappa shape index (κ1) is 12.3. The molecule has 1 aliphatic heterocycles. The molecule has 18 heavy (non-hydrogen) atoms. The molecular formula is C11H17N7. The summed E-state index contributed by atoms with van der Waals surface area (Å²) in [4.78, 5) is 10.8. The van der Waals surface area contributed by atoms with Gasteiger partial charge in [0.25, 0.3) is 0 Å². The highest BCUT2D eigenvalue weighted by molar-refractivity contribution is 5.80.